The number of hydrogen-bond donors (Lipinski definition) is 1. The number of ketones is 1. The molecule has 1 N–H and O–H groups in total. The topological polar surface area (TPSA) is 88.9 Å². The first-order chi connectivity index (χ1) is 15.9. The van der Waals surface area contributed by atoms with Gasteiger partial charge in [-0.25, -0.2) is 0 Å². The van der Waals surface area contributed by atoms with E-state index in [4.69, 9.17) is 9.15 Å². The van der Waals surface area contributed by atoms with Crippen molar-refractivity contribution in [2.75, 3.05) is 19.6 Å². The third kappa shape index (κ3) is 4.02. The summed E-state index contributed by atoms with van der Waals surface area (Å²) in [4.78, 5) is 39.7. The fourth-order valence-corrected chi connectivity index (χ4v) is 5.61. The zero-order chi connectivity index (χ0) is 23.2. The summed E-state index contributed by atoms with van der Waals surface area (Å²) < 4.78 is 12.3. The third-order valence-corrected chi connectivity index (χ3v) is 7.60. The quantitative estimate of drug-likeness (QED) is 0.680. The van der Waals surface area contributed by atoms with E-state index in [-0.39, 0.29) is 23.4 Å². The minimum Gasteiger partial charge on any atom is -0.486 e. The van der Waals surface area contributed by atoms with Gasteiger partial charge in [0.05, 0.1) is 12.0 Å². The van der Waals surface area contributed by atoms with Crippen LogP contribution in [-0.4, -0.2) is 47.7 Å². The van der Waals surface area contributed by atoms with Gasteiger partial charge in [-0.15, -0.1) is 0 Å². The standard InChI is InChI=1S/C26H32N2O5/c1-16-8-10-26(11-9-16)15-18(29)23-20(33-26)7-6-19-22(23)17(2)24(32-19)25(31)27-12-4-14-28-13-3-5-21(28)30/h6-7,16H,3-5,8-15H2,1-2H3,(H,27,31). The van der Waals surface area contributed by atoms with E-state index in [1.807, 2.05) is 17.9 Å². The first-order valence-corrected chi connectivity index (χ1v) is 12.2. The third-order valence-electron chi connectivity index (χ3n) is 7.60. The van der Waals surface area contributed by atoms with Crippen LogP contribution in [0.1, 0.15) is 84.8 Å². The zero-order valence-electron chi connectivity index (χ0n) is 19.5. The molecule has 1 spiro atoms. The highest BCUT2D eigenvalue weighted by Gasteiger charge is 2.43. The van der Waals surface area contributed by atoms with Crippen LogP contribution in [0.3, 0.4) is 0 Å². The molecule has 0 atom stereocenters. The van der Waals surface area contributed by atoms with Crippen LogP contribution in [-0.2, 0) is 4.79 Å². The highest BCUT2D eigenvalue weighted by Crippen LogP contribution is 2.46. The van der Waals surface area contributed by atoms with E-state index in [1.165, 1.54) is 0 Å². The molecule has 0 unspecified atom stereocenters. The van der Waals surface area contributed by atoms with Crippen molar-refractivity contribution >= 4 is 28.6 Å². The number of carbonyl (C=O) groups excluding carboxylic acids is 3. The molecule has 3 heterocycles. The number of carbonyl (C=O) groups is 3. The predicted molar refractivity (Wildman–Crippen MR) is 124 cm³/mol. The van der Waals surface area contributed by atoms with Gasteiger partial charge in [-0.3, -0.25) is 14.4 Å². The molecular weight excluding hydrogens is 420 g/mol. The molecule has 0 radical (unpaired) electrons. The number of nitrogens with zero attached hydrogens (tertiary/aromatic N) is 1. The molecule has 2 aromatic rings. The Morgan fingerprint density at radius 1 is 1.24 bits per heavy atom. The van der Waals surface area contributed by atoms with Gasteiger partial charge in [0.1, 0.15) is 16.9 Å². The lowest BCUT2D eigenvalue weighted by atomic mass is 9.74. The molecule has 5 rings (SSSR count). The van der Waals surface area contributed by atoms with Crippen LogP contribution in [0.15, 0.2) is 16.5 Å². The van der Waals surface area contributed by atoms with Gasteiger partial charge in [0.2, 0.25) is 5.91 Å². The molecule has 33 heavy (non-hydrogen) atoms. The summed E-state index contributed by atoms with van der Waals surface area (Å²) in [5.74, 6) is 1.48. The van der Waals surface area contributed by atoms with Gasteiger partial charge in [0, 0.05) is 37.0 Å². The number of amides is 2. The maximum Gasteiger partial charge on any atom is 0.287 e. The van der Waals surface area contributed by atoms with Gasteiger partial charge >= 0.3 is 0 Å². The first-order valence-electron chi connectivity index (χ1n) is 12.2. The Morgan fingerprint density at radius 3 is 2.76 bits per heavy atom. The van der Waals surface area contributed by atoms with Gasteiger partial charge in [-0.05, 0) is 63.5 Å². The largest absolute Gasteiger partial charge is 0.486 e. The van der Waals surface area contributed by atoms with Gasteiger partial charge < -0.3 is 19.4 Å². The van der Waals surface area contributed by atoms with E-state index in [2.05, 4.69) is 12.2 Å². The van der Waals surface area contributed by atoms with E-state index in [0.29, 0.717) is 66.1 Å². The fourth-order valence-electron chi connectivity index (χ4n) is 5.61. The Balaban J connectivity index is 1.32. The SMILES string of the molecule is Cc1c(C(=O)NCCCN2CCCC2=O)oc2ccc3c(c12)C(=O)CC1(CCC(C)CC1)O3. The van der Waals surface area contributed by atoms with Crippen LogP contribution in [0.2, 0.25) is 0 Å². The molecular formula is C26H32N2O5. The summed E-state index contributed by atoms with van der Waals surface area (Å²) in [6.45, 7) is 5.99. The number of Topliss-reactive ketones (excluding diaryl/α,β-unsaturated/α-hetero) is 1. The van der Waals surface area contributed by atoms with Gasteiger partial charge in [-0.2, -0.15) is 0 Å². The van der Waals surface area contributed by atoms with Crippen LogP contribution >= 0.6 is 0 Å². The minimum atomic E-state index is -0.390. The summed E-state index contributed by atoms with van der Waals surface area (Å²) >= 11 is 0. The lowest BCUT2D eigenvalue weighted by molar-refractivity contribution is -0.127. The second-order valence-corrected chi connectivity index (χ2v) is 10.0. The number of nitrogens with one attached hydrogen (secondary N) is 1. The first kappa shape index (κ1) is 22.0. The van der Waals surface area contributed by atoms with Gasteiger partial charge in [-0.1, -0.05) is 6.92 Å². The molecule has 7 nitrogen and oxygen atoms in total. The zero-order valence-corrected chi connectivity index (χ0v) is 19.5. The summed E-state index contributed by atoms with van der Waals surface area (Å²) in [5, 5.41) is 3.58. The van der Waals surface area contributed by atoms with E-state index in [0.717, 1.165) is 38.6 Å². The molecule has 1 aromatic heterocycles. The van der Waals surface area contributed by atoms with Crippen LogP contribution in [0.4, 0.5) is 0 Å². The van der Waals surface area contributed by atoms with Crippen molar-refractivity contribution in [3.8, 4) is 5.75 Å². The van der Waals surface area contributed by atoms with E-state index < -0.39 is 5.60 Å². The summed E-state index contributed by atoms with van der Waals surface area (Å²) in [6.07, 6.45) is 6.56. The van der Waals surface area contributed by atoms with Crippen molar-refractivity contribution in [1.82, 2.24) is 10.2 Å². The van der Waals surface area contributed by atoms with Crippen LogP contribution < -0.4 is 10.1 Å². The molecule has 2 amide bonds. The molecule has 1 saturated carbocycles. The molecule has 2 fully saturated rings. The Morgan fingerprint density at radius 2 is 2.03 bits per heavy atom. The number of aryl methyl sites for hydroxylation is 1. The highest BCUT2D eigenvalue weighted by molar-refractivity contribution is 6.13. The molecule has 1 aromatic carbocycles. The second kappa shape index (κ2) is 8.50. The number of hydrogen-bond acceptors (Lipinski definition) is 5. The summed E-state index contributed by atoms with van der Waals surface area (Å²) in [6, 6.07) is 3.61. The molecule has 2 aliphatic heterocycles. The Labute approximate surface area is 193 Å². The van der Waals surface area contributed by atoms with Crippen LogP contribution in [0, 0.1) is 12.8 Å². The molecule has 1 saturated heterocycles. The van der Waals surface area contributed by atoms with Crippen LogP contribution in [0.5, 0.6) is 5.75 Å². The molecule has 3 aliphatic rings. The van der Waals surface area contributed by atoms with E-state index >= 15 is 0 Å². The van der Waals surface area contributed by atoms with Crippen molar-refractivity contribution in [3.63, 3.8) is 0 Å². The fraction of sp³-hybridized carbons (Fsp3) is 0.577. The summed E-state index contributed by atoms with van der Waals surface area (Å²) in [7, 11) is 0. The predicted octanol–water partition coefficient (Wildman–Crippen LogP) is 4.40. The smallest absolute Gasteiger partial charge is 0.287 e. The highest BCUT2D eigenvalue weighted by atomic mass is 16.5. The summed E-state index contributed by atoms with van der Waals surface area (Å²) in [5.41, 5.74) is 1.35. The van der Waals surface area contributed by atoms with Crippen molar-refractivity contribution in [3.05, 3.63) is 29.0 Å². The molecule has 0 bridgehead atoms. The van der Waals surface area contributed by atoms with Crippen molar-refractivity contribution < 1.29 is 23.5 Å². The Kier molecular flexibility index (Phi) is 5.67. The number of likely N-dealkylation sites (tertiary alicyclic amines) is 1. The second-order valence-electron chi connectivity index (χ2n) is 10.0. The van der Waals surface area contributed by atoms with Crippen molar-refractivity contribution in [2.24, 2.45) is 5.92 Å². The Bertz CT molecular complexity index is 1110. The monoisotopic (exact) mass is 452 g/mol. The minimum absolute atomic E-state index is 0.0718. The number of benzene rings is 1. The lowest BCUT2D eigenvalue weighted by Gasteiger charge is -2.42. The van der Waals surface area contributed by atoms with Crippen molar-refractivity contribution in [1.29, 1.82) is 0 Å². The van der Waals surface area contributed by atoms with Gasteiger partial charge in [0.25, 0.3) is 5.91 Å². The maximum atomic E-state index is 13.3. The Hall–Kier alpha value is -2.83. The van der Waals surface area contributed by atoms with Crippen molar-refractivity contribution in [2.45, 2.75) is 70.8 Å². The number of furan rings is 1. The van der Waals surface area contributed by atoms with Gasteiger partial charge in [0.15, 0.2) is 11.5 Å². The lowest BCUT2D eigenvalue weighted by Crippen LogP contribution is -2.44. The number of ether oxygens (including phenoxy) is 1. The number of fused-ring (bicyclic) bond motifs is 3. The average molecular weight is 453 g/mol. The molecule has 7 heteroatoms. The number of rotatable bonds is 5. The molecule has 176 valence electrons. The normalized spacial score (nSPS) is 24.9. The van der Waals surface area contributed by atoms with E-state index in [9.17, 15) is 14.4 Å². The average Bonchev–Trinajstić information content (AvgIpc) is 3.36. The van der Waals surface area contributed by atoms with E-state index in [1.54, 1.807) is 6.07 Å². The molecule has 1 aliphatic carbocycles. The van der Waals surface area contributed by atoms with Crippen LogP contribution in [0.25, 0.3) is 11.0 Å². The maximum absolute atomic E-state index is 13.3.